The van der Waals surface area contributed by atoms with E-state index in [-0.39, 0.29) is 0 Å². The minimum Gasteiger partial charge on any atom is -0.399 e. The number of hydrogen-bond acceptors (Lipinski definition) is 4. The molecule has 0 aliphatic heterocycles. The Kier molecular flexibility index (Phi) is 2.69. The van der Waals surface area contributed by atoms with Crippen LogP contribution >= 0.6 is 0 Å². The Morgan fingerprint density at radius 2 is 2.13 bits per heavy atom. The number of nitrogens with zero attached hydrogens (tertiary/aromatic N) is 1. The van der Waals surface area contributed by atoms with Crippen molar-refractivity contribution in [1.82, 2.24) is 4.98 Å². The summed E-state index contributed by atoms with van der Waals surface area (Å²) in [6.45, 7) is 1.36. The number of pyridine rings is 1. The molecule has 78 valence electrons. The average Bonchev–Trinajstić information content (AvgIpc) is 2.25. The van der Waals surface area contributed by atoms with Gasteiger partial charge >= 0.3 is 0 Å². The molecule has 0 unspecified atom stereocenters. The summed E-state index contributed by atoms with van der Waals surface area (Å²) in [6, 6.07) is 7.64. The first-order valence-electron chi connectivity index (χ1n) is 4.89. The molecule has 0 saturated carbocycles. The van der Waals surface area contributed by atoms with Gasteiger partial charge in [-0.2, -0.15) is 0 Å². The first kappa shape index (κ1) is 9.73. The van der Waals surface area contributed by atoms with Crippen molar-refractivity contribution in [2.75, 3.05) is 24.1 Å². The van der Waals surface area contributed by atoms with Gasteiger partial charge in [-0.25, -0.2) is 0 Å². The predicted octanol–water partition coefficient (Wildman–Crippen LogP) is 1.19. The third kappa shape index (κ3) is 1.99. The number of hydrogen-bond donors (Lipinski definition) is 3. The lowest BCUT2D eigenvalue weighted by molar-refractivity contribution is 1.03. The molecule has 2 rings (SSSR count). The van der Waals surface area contributed by atoms with Gasteiger partial charge in [0.25, 0.3) is 0 Å². The Bertz CT molecular complexity index is 467. The summed E-state index contributed by atoms with van der Waals surface area (Å²) in [7, 11) is 0. The molecular weight excluding hydrogens is 188 g/mol. The first-order chi connectivity index (χ1) is 7.31. The van der Waals surface area contributed by atoms with E-state index in [0.29, 0.717) is 6.54 Å². The van der Waals surface area contributed by atoms with Crippen LogP contribution in [0.2, 0.25) is 0 Å². The Morgan fingerprint density at radius 3 is 2.93 bits per heavy atom. The normalized spacial score (nSPS) is 10.5. The van der Waals surface area contributed by atoms with Crippen molar-refractivity contribution < 1.29 is 0 Å². The van der Waals surface area contributed by atoms with Gasteiger partial charge in [-0.05, 0) is 24.3 Å². The SMILES string of the molecule is NCCNc1ccnc2cc(N)ccc12. The zero-order chi connectivity index (χ0) is 10.7. The van der Waals surface area contributed by atoms with Crippen molar-refractivity contribution in [3.63, 3.8) is 0 Å². The van der Waals surface area contributed by atoms with E-state index < -0.39 is 0 Å². The van der Waals surface area contributed by atoms with Crippen LogP contribution in [0.5, 0.6) is 0 Å². The highest BCUT2D eigenvalue weighted by Crippen LogP contribution is 2.22. The van der Waals surface area contributed by atoms with Crippen molar-refractivity contribution in [1.29, 1.82) is 0 Å². The lowest BCUT2D eigenvalue weighted by Crippen LogP contribution is -2.13. The molecule has 0 spiro atoms. The molecule has 15 heavy (non-hydrogen) atoms. The molecule has 2 aromatic rings. The van der Waals surface area contributed by atoms with E-state index in [1.54, 1.807) is 6.20 Å². The number of benzene rings is 1. The van der Waals surface area contributed by atoms with Crippen molar-refractivity contribution in [3.05, 3.63) is 30.5 Å². The molecule has 0 fully saturated rings. The van der Waals surface area contributed by atoms with Crippen LogP contribution in [0.25, 0.3) is 10.9 Å². The fourth-order valence-electron chi connectivity index (χ4n) is 1.53. The van der Waals surface area contributed by atoms with Crippen LogP contribution in [-0.4, -0.2) is 18.1 Å². The van der Waals surface area contributed by atoms with Gasteiger partial charge in [-0.15, -0.1) is 0 Å². The number of nitrogens with two attached hydrogens (primary N) is 2. The van der Waals surface area contributed by atoms with E-state index in [1.165, 1.54) is 0 Å². The molecule has 1 heterocycles. The van der Waals surface area contributed by atoms with Crippen LogP contribution < -0.4 is 16.8 Å². The molecule has 1 aromatic heterocycles. The molecule has 0 saturated heterocycles. The van der Waals surface area contributed by atoms with Crippen LogP contribution in [0.4, 0.5) is 11.4 Å². The first-order valence-corrected chi connectivity index (χ1v) is 4.89. The van der Waals surface area contributed by atoms with E-state index in [2.05, 4.69) is 10.3 Å². The minimum atomic E-state index is 0.610. The van der Waals surface area contributed by atoms with Crippen molar-refractivity contribution in [2.45, 2.75) is 0 Å². The van der Waals surface area contributed by atoms with E-state index >= 15 is 0 Å². The lowest BCUT2D eigenvalue weighted by atomic mass is 10.1. The quantitative estimate of drug-likeness (QED) is 0.653. The molecular formula is C11H14N4. The van der Waals surface area contributed by atoms with Gasteiger partial charge in [0.1, 0.15) is 0 Å². The summed E-state index contributed by atoms with van der Waals surface area (Å²) in [5, 5.41) is 4.32. The molecule has 0 radical (unpaired) electrons. The Balaban J connectivity index is 2.46. The third-order valence-electron chi connectivity index (χ3n) is 2.23. The predicted molar refractivity (Wildman–Crippen MR) is 63.7 cm³/mol. The number of fused-ring (bicyclic) bond motifs is 1. The zero-order valence-corrected chi connectivity index (χ0v) is 8.40. The fraction of sp³-hybridized carbons (Fsp3) is 0.182. The van der Waals surface area contributed by atoms with Gasteiger partial charge in [0.15, 0.2) is 0 Å². The monoisotopic (exact) mass is 202 g/mol. The summed E-state index contributed by atoms with van der Waals surface area (Å²) < 4.78 is 0. The second-order valence-electron chi connectivity index (χ2n) is 3.35. The van der Waals surface area contributed by atoms with Crippen LogP contribution in [0.3, 0.4) is 0 Å². The number of nitrogen functional groups attached to an aromatic ring is 1. The highest BCUT2D eigenvalue weighted by Gasteiger charge is 2.00. The minimum absolute atomic E-state index is 0.610. The van der Waals surface area contributed by atoms with Gasteiger partial charge in [-0.3, -0.25) is 4.98 Å². The molecule has 0 bridgehead atoms. The topological polar surface area (TPSA) is 77.0 Å². The molecule has 1 aromatic carbocycles. The fourth-order valence-corrected chi connectivity index (χ4v) is 1.53. The van der Waals surface area contributed by atoms with Crippen LogP contribution in [0, 0.1) is 0 Å². The standard InChI is InChI=1S/C11H14N4/c12-4-6-15-10-3-5-14-11-7-8(13)1-2-9(10)11/h1-3,5,7H,4,6,12-13H2,(H,14,15). The maximum atomic E-state index is 5.69. The van der Waals surface area contributed by atoms with Crippen LogP contribution in [0.1, 0.15) is 0 Å². The molecule has 0 amide bonds. The van der Waals surface area contributed by atoms with E-state index in [9.17, 15) is 0 Å². The van der Waals surface area contributed by atoms with Crippen LogP contribution in [0.15, 0.2) is 30.5 Å². The van der Waals surface area contributed by atoms with Gasteiger partial charge in [0, 0.05) is 36.0 Å². The molecule has 5 N–H and O–H groups in total. The summed E-state index contributed by atoms with van der Waals surface area (Å²) in [6.07, 6.45) is 1.76. The smallest absolute Gasteiger partial charge is 0.0743 e. The van der Waals surface area contributed by atoms with Crippen molar-refractivity contribution in [2.24, 2.45) is 5.73 Å². The Labute approximate surface area is 88.3 Å². The maximum absolute atomic E-state index is 5.69. The summed E-state index contributed by atoms with van der Waals surface area (Å²) in [5.41, 5.74) is 13.8. The van der Waals surface area contributed by atoms with E-state index in [0.717, 1.165) is 28.8 Å². The van der Waals surface area contributed by atoms with E-state index in [4.69, 9.17) is 11.5 Å². The summed E-state index contributed by atoms with van der Waals surface area (Å²) in [4.78, 5) is 4.26. The number of rotatable bonds is 3. The Hall–Kier alpha value is -1.81. The third-order valence-corrected chi connectivity index (χ3v) is 2.23. The Morgan fingerprint density at radius 1 is 1.27 bits per heavy atom. The van der Waals surface area contributed by atoms with E-state index in [1.807, 2.05) is 24.3 Å². The molecule has 4 heteroatoms. The molecule has 0 aliphatic rings. The van der Waals surface area contributed by atoms with Gasteiger partial charge in [0.2, 0.25) is 0 Å². The average molecular weight is 202 g/mol. The lowest BCUT2D eigenvalue weighted by Gasteiger charge is -2.08. The molecule has 0 aliphatic carbocycles. The zero-order valence-electron chi connectivity index (χ0n) is 8.40. The highest BCUT2D eigenvalue weighted by atomic mass is 14.9. The highest BCUT2D eigenvalue weighted by molar-refractivity contribution is 5.92. The van der Waals surface area contributed by atoms with Crippen molar-refractivity contribution >= 4 is 22.3 Å². The number of nitrogens with one attached hydrogen (secondary N) is 1. The van der Waals surface area contributed by atoms with Gasteiger partial charge in [0.05, 0.1) is 5.52 Å². The maximum Gasteiger partial charge on any atom is 0.0743 e. The summed E-state index contributed by atoms with van der Waals surface area (Å²) >= 11 is 0. The second-order valence-corrected chi connectivity index (χ2v) is 3.35. The number of aromatic nitrogens is 1. The van der Waals surface area contributed by atoms with Gasteiger partial charge in [-0.1, -0.05) is 0 Å². The van der Waals surface area contributed by atoms with Crippen LogP contribution in [-0.2, 0) is 0 Å². The largest absolute Gasteiger partial charge is 0.399 e. The molecule has 0 atom stereocenters. The molecule has 4 nitrogen and oxygen atoms in total. The van der Waals surface area contributed by atoms with Gasteiger partial charge < -0.3 is 16.8 Å². The summed E-state index contributed by atoms with van der Waals surface area (Å²) in [5.74, 6) is 0. The van der Waals surface area contributed by atoms with Crippen molar-refractivity contribution in [3.8, 4) is 0 Å². The second kappa shape index (κ2) is 4.14. The number of anilines is 2.